The minimum atomic E-state index is -0.00147. The molecule has 2 aromatic heterocycles. The Kier molecular flexibility index (Phi) is 3.04. The summed E-state index contributed by atoms with van der Waals surface area (Å²) < 4.78 is 4.58. The standard InChI is InChI=1S/C17H12IN3O/c1-20-16-10-14(11-5-3-2-4-6-11)19-21(16)15-9-12(18)7-8-13(15)17(20)22/h2-10H,1H3. The minimum Gasteiger partial charge on any atom is -0.296 e. The zero-order valence-electron chi connectivity index (χ0n) is 11.8. The lowest BCUT2D eigenvalue weighted by Crippen LogP contribution is -2.19. The zero-order chi connectivity index (χ0) is 15.3. The maximum Gasteiger partial charge on any atom is 0.261 e. The average molecular weight is 401 g/mol. The summed E-state index contributed by atoms with van der Waals surface area (Å²) in [6.45, 7) is 0. The van der Waals surface area contributed by atoms with Gasteiger partial charge in [0.15, 0.2) is 0 Å². The molecule has 0 spiro atoms. The summed E-state index contributed by atoms with van der Waals surface area (Å²) in [4.78, 5) is 12.5. The fourth-order valence-corrected chi connectivity index (χ4v) is 3.16. The molecule has 0 aliphatic carbocycles. The number of nitrogens with zero attached hydrogens (tertiary/aromatic N) is 3. The third-order valence-corrected chi connectivity index (χ3v) is 4.50. The van der Waals surface area contributed by atoms with Crippen molar-refractivity contribution >= 4 is 39.1 Å². The second-order valence-electron chi connectivity index (χ2n) is 5.19. The predicted octanol–water partition coefficient (Wildman–Crippen LogP) is 3.46. The van der Waals surface area contributed by atoms with Gasteiger partial charge in [0.2, 0.25) is 0 Å². The van der Waals surface area contributed by atoms with Crippen molar-refractivity contribution < 1.29 is 0 Å². The predicted molar refractivity (Wildman–Crippen MR) is 96.1 cm³/mol. The van der Waals surface area contributed by atoms with Crippen molar-refractivity contribution in [1.29, 1.82) is 0 Å². The van der Waals surface area contributed by atoms with Crippen LogP contribution < -0.4 is 5.56 Å². The van der Waals surface area contributed by atoms with Crippen LogP contribution in [-0.4, -0.2) is 14.2 Å². The highest BCUT2D eigenvalue weighted by molar-refractivity contribution is 14.1. The lowest BCUT2D eigenvalue weighted by Gasteiger charge is -2.06. The maximum atomic E-state index is 12.5. The van der Waals surface area contributed by atoms with Crippen LogP contribution in [-0.2, 0) is 7.05 Å². The fraction of sp³-hybridized carbons (Fsp3) is 0.0588. The van der Waals surface area contributed by atoms with Gasteiger partial charge in [0.25, 0.3) is 5.56 Å². The highest BCUT2D eigenvalue weighted by Crippen LogP contribution is 2.22. The molecule has 4 rings (SSSR count). The molecule has 0 fully saturated rings. The van der Waals surface area contributed by atoms with E-state index in [0.717, 1.165) is 26.0 Å². The van der Waals surface area contributed by atoms with Crippen molar-refractivity contribution in [3.63, 3.8) is 0 Å². The van der Waals surface area contributed by atoms with Crippen LogP contribution in [0.5, 0.6) is 0 Å². The largest absolute Gasteiger partial charge is 0.296 e. The van der Waals surface area contributed by atoms with E-state index in [1.165, 1.54) is 0 Å². The first-order chi connectivity index (χ1) is 10.6. The first kappa shape index (κ1) is 13.5. The number of aryl methyl sites for hydroxylation is 1. The molecule has 5 heteroatoms. The fourth-order valence-electron chi connectivity index (χ4n) is 2.68. The molecule has 4 aromatic rings. The van der Waals surface area contributed by atoms with Crippen LogP contribution in [0.25, 0.3) is 27.8 Å². The van der Waals surface area contributed by atoms with E-state index in [2.05, 4.69) is 22.6 Å². The van der Waals surface area contributed by atoms with Crippen molar-refractivity contribution in [3.05, 3.63) is 68.5 Å². The Morgan fingerprint density at radius 2 is 1.82 bits per heavy atom. The van der Waals surface area contributed by atoms with Gasteiger partial charge in [-0.2, -0.15) is 5.10 Å². The van der Waals surface area contributed by atoms with Gasteiger partial charge in [-0.1, -0.05) is 30.3 Å². The van der Waals surface area contributed by atoms with Crippen molar-refractivity contribution in [3.8, 4) is 11.3 Å². The van der Waals surface area contributed by atoms with Crippen molar-refractivity contribution in [1.82, 2.24) is 14.2 Å². The second kappa shape index (κ2) is 4.95. The number of benzene rings is 2. The van der Waals surface area contributed by atoms with Crippen LogP contribution >= 0.6 is 22.6 Å². The summed E-state index contributed by atoms with van der Waals surface area (Å²) in [5.74, 6) is 0. The number of hydrogen-bond donors (Lipinski definition) is 0. The number of fused-ring (bicyclic) bond motifs is 3. The highest BCUT2D eigenvalue weighted by Gasteiger charge is 2.12. The van der Waals surface area contributed by atoms with E-state index in [4.69, 9.17) is 5.10 Å². The van der Waals surface area contributed by atoms with E-state index in [1.54, 1.807) is 11.6 Å². The van der Waals surface area contributed by atoms with Gasteiger partial charge >= 0.3 is 0 Å². The Labute approximate surface area is 140 Å². The zero-order valence-corrected chi connectivity index (χ0v) is 14.0. The molecule has 0 aliphatic heterocycles. The van der Waals surface area contributed by atoms with E-state index in [-0.39, 0.29) is 5.56 Å². The molecule has 0 saturated carbocycles. The number of aromatic nitrogens is 3. The summed E-state index contributed by atoms with van der Waals surface area (Å²) in [5, 5.41) is 5.39. The molecule has 0 unspecified atom stereocenters. The molecule has 0 radical (unpaired) electrons. The first-order valence-electron chi connectivity index (χ1n) is 6.88. The Morgan fingerprint density at radius 1 is 1.05 bits per heavy atom. The average Bonchev–Trinajstić information content (AvgIpc) is 2.99. The van der Waals surface area contributed by atoms with Gasteiger partial charge in [0, 0.05) is 22.2 Å². The van der Waals surface area contributed by atoms with E-state index < -0.39 is 0 Å². The molecule has 0 N–H and O–H groups in total. The summed E-state index contributed by atoms with van der Waals surface area (Å²) in [5.41, 5.74) is 3.53. The van der Waals surface area contributed by atoms with Gasteiger partial charge in [0.05, 0.1) is 16.6 Å². The van der Waals surface area contributed by atoms with Gasteiger partial charge in [-0.25, -0.2) is 4.52 Å². The van der Waals surface area contributed by atoms with Crippen LogP contribution in [0.1, 0.15) is 0 Å². The topological polar surface area (TPSA) is 39.3 Å². The number of halogens is 1. The lowest BCUT2D eigenvalue weighted by atomic mass is 10.2. The SMILES string of the molecule is Cn1c(=O)c2ccc(I)cc2n2nc(-c3ccccc3)cc12. The monoisotopic (exact) mass is 401 g/mol. The lowest BCUT2D eigenvalue weighted by molar-refractivity contribution is 0.850. The molecular formula is C17H12IN3O. The van der Waals surface area contributed by atoms with Gasteiger partial charge in [-0.3, -0.25) is 9.36 Å². The molecule has 0 bridgehead atoms. The van der Waals surface area contributed by atoms with Crippen molar-refractivity contribution in [2.24, 2.45) is 7.05 Å². The van der Waals surface area contributed by atoms with Crippen molar-refractivity contribution in [2.45, 2.75) is 0 Å². The molecule has 0 atom stereocenters. The molecule has 0 amide bonds. The Bertz CT molecular complexity index is 1060. The van der Waals surface area contributed by atoms with Crippen LogP contribution in [0, 0.1) is 3.57 Å². The normalized spacial score (nSPS) is 11.4. The first-order valence-corrected chi connectivity index (χ1v) is 7.96. The molecule has 0 aliphatic rings. The van der Waals surface area contributed by atoms with Gasteiger partial charge in [0.1, 0.15) is 5.65 Å². The minimum absolute atomic E-state index is 0.00147. The van der Waals surface area contributed by atoms with Gasteiger partial charge in [-0.05, 0) is 40.8 Å². The summed E-state index contributed by atoms with van der Waals surface area (Å²) in [6.07, 6.45) is 0. The smallest absolute Gasteiger partial charge is 0.261 e. The van der Waals surface area contributed by atoms with Crippen LogP contribution in [0.3, 0.4) is 0 Å². The summed E-state index contributed by atoms with van der Waals surface area (Å²) in [7, 11) is 1.78. The molecule has 22 heavy (non-hydrogen) atoms. The molecular weight excluding hydrogens is 389 g/mol. The number of rotatable bonds is 1. The van der Waals surface area contributed by atoms with Crippen LogP contribution in [0.2, 0.25) is 0 Å². The maximum absolute atomic E-state index is 12.5. The van der Waals surface area contributed by atoms with E-state index in [9.17, 15) is 4.79 Å². The third-order valence-electron chi connectivity index (χ3n) is 3.83. The van der Waals surface area contributed by atoms with Gasteiger partial charge < -0.3 is 0 Å². The Hall–Kier alpha value is -2.15. The van der Waals surface area contributed by atoms with Crippen LogP contribution in [0.15, 0.2) is 59.4 Å². The Balaban J connectivity index is 2.15. The van der Waals surface area contributed by atoms with Crippen molar-refractivity contribution in [2.75, 3.05) is 0 Å². The van der Waals surface area contributed by atoms with E-state index >= 15 is 0 Å². The highest BCUT2D eigenvalue weighted by atomic mass is 127. The van der Waals surface area contributed by atoms with E-state index in [1.807, 2.05) is 59.1 Å². The molecule has 0 saturated heterocycles. The molecule has 2 aromatic carbocycles. The quantitative estimate of drug-likeness (QED) is 0.459. The Morgan fingerprint density at radius 3 is 2.59 bits per heavy atom. The molecule has 108 valence electrons. The van der Waals surface area contributed by atoms with Gasteiger partial charge in [-0.15, -0.1) is 0 Å². The summed E-state index contributed by atoms with van der Waals surface area (Å²) >= 11 is 2.25. The molecule has 4 nitrogen and oxygen atoms in total. The second-order valence-corrected chi connectivity index (χ2v) is 6.44. The van der Waals surface area contributed by atoms with E-state index in [0.29, 0.717) is 5.39 Å². The summed E-state index contributed by atoms with van der Waals surface area (Å²) in [6, 6.07) is 17.7. The third kappa shape index (κ3) is 1.96. The van der Waals surface area contributed by atoms with Crippen LogP contribution in [0.4, 0.5) is 0 Å². The molecule has 2 heterocycles. The number of hydrogen-bond acceptors (Lipinski definition) is 2.